The molecule has 0 radical (unpaired) electrons. The first-order valence-corrected chi connectivity index (χ1v) is 6.94. The molecule has 0 saturated carbocycles. The molecule has 2 fully saturated rings. The van der Waals surface area contributed by atoms with E-state index >= 15 is 0 Å². The summed E-state index contributed by atoms with van der Waals surface area (Å²) in [5.74, 6) is 0.378. The number of ketones is 1. The molecule has 5 nitrogen and oxygen atoms in total. The van der Waals surface area contributed by atoms with Gasteiger partial charge in [0.1, 0.15) is 0 Å². The van der Waals surface area contributed by atoms with E-state index in [9.17, 15) is 4.79 Å². The molecule has 1 aromatic rings. The number of morpholine rings is 1. The van der Waals surface area contributed by atoms with E-state index < -0.39 is 0 Å². The lowest BCUT2D eigenvalue weighted by atomic mass is 9.81. The molecule has 2 saturated heterocycles. The van der Waals surface area contributed by atoms with Gasteiger partial charge in [0.15, 0.2) is 5.78 Å². The maximum atomic E-state index is 12.8. The van der Waals surface area contributed by atoms with E-state index in [2.05, 4.69) is 10.4 Å². The number of hydrogen-bond donors (Lipinski definition) is 1. The number of Topliss-reactive ketones (excluding diaryl/α,β-unsaturated/α-hetero) is 1. The number of ether oxygens (including phenoxy) is 1. The molecular weight excluding hydrogens is 242 g/mol. The number of rotatable bonds is 2. The molecule has 104 valence electrons. The first-order chi connectivity index (χ1) is 9.06. The molecule has 2 unspecified atom stereocenters. The maximum Gasteiger partial charge on any atom is 0.169 e. The Morgan fingerprint density at radius 2 is 1.95 bits per heavy atom. The van der Waals surface area contributed by atoms with E-state index in [-0.39, 0.29) is 11.7 Å². The third-order valence-corrected chi connectivity index (χ3v) is 4.37. The number of aromatic nitrogens is 2. The molecule has 19 heavy (non-hydrogen) atoms. The van der Waals surface area contributed by atoms with Gasteiger partial charge in [0.2, 0.25) is 0 Å². The van der Waals surface area contributed by atoms with Crippen molar-refractivity contribution in [2.24, 2.45) is 13.0 Å². The standard InChI is InChI=1S/C14H21N3O2/c1-8-13(9(2)17(3)16-8)14(18)10-4-11-6-19-7-12(5-10)15-11/h10-12,15H,4-7H2,1-3H3. The zero-order valence-electron chi connectivity index (χ0n) is 11.8. The molecule has 1 aromatic heterocycles. The van der Waals surface area contributed by atoms with Crippen LogP contribution in [0.5, 0.6) is 0 Å². The molecule has 0 aromatic carbocycles. The highest BCUT2D eigenvalue weighted by Crippen LogP contribution is 2.28. The molecule has 0 spiro atoms. The van der Waals surface area contributed by atoms with E-state index in [1.54, 1.807) is 4.68 Å². The molecule has 0 amide bonds. The molecule has 1 N–H and O–H groups in total. The molecule has 2 atom stereocenters. The van der Waals surface area contributed by atoms with Crippen molar-refractivity contribution < 1.29 is 9.53 Å². The fourth-order valence-electron chi connectivity index (χ4n) is 3.39. The van der Waals surface area contributed by atoms with Crippen molar-refractivity contribution in [3.63, 3.8) is 0 Å². The lowest BCUT2D eigenvalue weighted by Crippen LogP contribution is -2.55. The fourth-order valence-corrected chi connectivity index (χ4v) is 3.39. The summed E-state index contributed by atoms with van der Waals surface area (Å²) in [4.78, 5) is 12.8. The summed E-state index contributed by atoms with van der Waals surface area (Å²) in [7, 11) is 1.89. The van der Waals surface area contributed by atoms with Crippen LogP contribution in [0.1, 0.15) is 34.6 Å². The van der Waals surface area contributed by atoms with Gasteiger partial charge in [-0.3, -0.25) is 9.48 Å². The summed E-state index contributed by atoms with van der Waals surface area (Å²) >= 11 is 0. The Kier molecular flexibility index (Phi) is 3.19. The van der Waals surface area contributed by atoms with Gasteiger partial charge in [0, 0.05) is 30.7 Å². The molecule has 3 heterocycles. The van der Waals surface area contributed by atoms with Gasteiger partial charge in [-0.25, -0.2) is 0 Å². The minimum Gasteiger partial charge on any atom is -0.378 e. The van der Waals surface area contributed by atoms with Gasteiger partial charge >= 0.3 is 0 Å². The fraction of sp³-hybridized carbons (Fsp3) is 0.714. The summed E-state index contributed by atoms with van der Waals surface area (Å²) in [6.07, 6.45) is 1.76. The van der Waals surface area contributed by atoms with Crippen molar-refractivity contribution in [1.29, 1.82) is 0 Å². The lowest BCUT2D eigenvalue weighted by Gasteiger charge is -2.39. The van der Waals surface area contributed by atoms with E-state index in [0.717, 1.165) is 43.0 Å². The van der Waals surface area contributed by atoms with E-state index in [1.807, 2.05) is 20.9 Å². The highest BCUT2D eigenvalue weighted by molar-refractivity contribution is 6.00. The number of carbonyl (C=O) groups excluding carboxylic acids is 1. The van der Waals surface area contributed by atoms with Crippen LogP contribution < -0.4 is 5.32 Å². The van der Waals surface area contributed by atoms with E-state index in [1.165, 1.54) is 0 Å². The Labute approximate surface area is 113 Å². The number of carbonyl (C=O) groups is 1. The Balaban J connectivity index is 1.84. The highest BCUT2D eigenvalue weighted by atomic mass is 16.5. The number of hydrogen-bond acceptors (Lipinski definition) is 4. The van der Waals surface area contributed by atoms with Crippen LogP contribution >= 0.6 is 0 Å². The van der Waals surface area contributed by atoms with Crippen LogP contribution in [0.2, 0.25) is 0 Å². The zero-order valence-corrected chi connectivity index (χ0v) is 11.8. The van der Waals surface area contributed by atoms with E-state index in [0.29, 0.717) is 12.1 Å². The number of aryl methyl sites for hydroxylation is 2. The summed E-state index contributed by atoms with van der Waals surface area (Å²) in [5.41, 5.74) is 2.65. The molecule has 3 rings (SSSR count). The van der Waals surface area contributed by atoms with Crippen LogP contribution in [0, 0.1) is 19.8 Å². The normalized spacial score (nSPS) is 30.4. The maximum absolute atomic E-state index is 12.8. The van der Waals surface area contributed by atoms with Crippen molar-refractivity contribution in [2.45, 2.75) is 38.8 Å². The van der Waals surface area contributed by atoms with Crippen molar-refractivity contribution in [3.8, 4) is 0 Å². The Hall–Kier alpha value is -1.20. The second-order valence-corrected chi connectivity index (χ2v) is 5.80. The average molecular weight is 263 g/mol. The second kappa shape index (κ2) is 4.72. The van der Waals surface area contributed by atoms with Crippen LogP contribution in [-0.4, -0.2) is 40.9 Å². The third-order valence-electron chi connectivity index (χ3n) is 4.37. The minimum atomic E-state index is 0.113. The summed E-state index contributed by atoms with van der Waals surface area (Å²) in [5, 5.41) is 7.88. The molecule has 5 heteroatoms. The van der Waals surface area contributed by atoms with Crippen LogP contribution in [-0.2, 0) is 11.8 Å². The predicted molar refractivity (Wildman–Crippen MR) is 71.3 cm³/mol. The van der Waals surface area contributed by atoms with Crippen molar-refractivity contribution >= 4 is 5.78 Å². The van der Waals surface area contributed by atoms with Crippen molar-refractivity contribution in [1.82, 2.24) is 15.1 Å². The highest BCUT2D eigenvalue weighted by Gasteiger charge is 2.36. The SMILES string of the molecule is Cc1nn(C)c(C)c1C(=O)C1CC2COCC(C1)N2. The average Bonchev–Trinajstić information content (AvgIpc) is 2.62. The summed E-state index contributed by atoms with van der Waals surface area (Å²) in [6, 6.07) is 0.664. The molecule has 2 bridgehead atoms. The monoisotopic (exact) mass is 263 g/mol. The Bertz CT molecular complexity index is 497. The Morgan fingerprint density at radius 3 is 2.47 bits per heavy atom. The molecule has 0 aliphatic carbocycles. The summed E-state index contributed by atoms with van der Waals surface area (Å²) < 4.78 is 7.33. The van der Waals surface area contributed by atoms with Gasteiger partial charge in [-0.2, -0.15) is 5.10 Å². The van der Waals surface area contributed by atoms with Gasteiger partial charge < -0.3 is 10.1 Å². The van der Waals surface area contributed by atoms with Crippen molar-refractivity contribution in [2.75, 3.05) is 13.2 Å². The lowest BCUT2D eigenvalue weighted by molar-refractivity contribution is 0.00950. The van der Waals surface area contributed by atoms with Crippen LogP contribution in [0.15, 0.2) is 0 Å². The van der Waals surface area contributed by atoms with E-state index in [4.69, 9.17) is 4.74 Å². The smallest absolute Gasteiger partial charge is 0.169 e. The topological polar surface area (TPSA) is 56.2 Å². The first-order valence-electron chi connectivity index (χ1n) is 6.94. The van der Waals surface area contributed by atoms with Crippen molar-refractivity contribution in [3.05, 3.63) is 17.0 Å². The van der Waals surface area contributed by atoms with Crippen LogP contribution in [0.3, 0.4) is 0 Å². The second-order valence-electron chi connectivity index (χ2n) is 5.80. The first kappa shape index (κ1) is 12.8. The zero-order chi connectivity index (χ0) is 13.6. The van der Waals surface area contributed by atoms with Gasteiger partial charge in [0.05, 0.1) is 24.5 Å². The number of piperidine rings is 1. The van der Waals surface area contributed by atoms with Gasteiger partial charge in [0.25, 0.3) is 0 Å². The Morgan fingerprint density at radius 1 is 1.32 bits per heavy atom. The molecule has 2 aliphatic heterocycles. The predicted octanol–water partition coefficient (Wildman–Crippen LogP) is 0.987. The molecule has 2 aliphatic rings. The van der Waals surface area contributed by atoms with Gasteiger partial charge in [-0.15, -0.1) is 0 Å². The third kappa shape index (κ3) is 2.21. The number of fused-ring (bicyclic) bond motifs is 2. The van der Waals surface area contributed by atoms with Crippen LogP contribution in [0.25, 0.3) is 0 Å². The van der Waals surface area contributed by atoms with Crippen LogP contribution in [0.4, 0.5) is 0 Å². The minimum absolute atomic E-state index is 0.113. The van der Waals surface area contributed by atoms with Gasteiger partial charge in [-0.05, 0) is 26.7 Å². The molecular formula is C14H21N3O2. The number of nitrogens with zero attached hydrogens (tertiary/aromatic N) is 2. The van der Waals surface area contributed by atoms with Gasteiger partial charge in [-0.1, -0.05) is 0 Å². The quantitative estimate of drug-likeness (QED) is 0.808. The number of nitrogens with one attached hydrogen (secondary N) is 1. The largest absolute Gasteiger partial charge is 0.378 e. The summed E-state index contributed by atoms with van der Waals surface area (Å²) in [6.45, 7) is 5.35.